The third-order valence-corrected chi connectivity index (χ3v) is 3.40. The molecule has 2 aromatic rings. The monoisotopic (exact) mass is 346 g/mol. The first-order valence-corrected chi connectivity index (χ1v) is 7.72. The fourth-order valence-electron chi connectivity index (χ4n) is 2.08. The normalized spacial score (nSPS) is 10.2. The largest absolute Gasteiger partial charge is 0.493 e. The van der Waals surface area contributed by atoms with Gasteiger partial charge < -0.3 is 24.8 Å². The van der Waals surface area contributed by atoms with Gasteiger partial charge in [-0.25, -0.2) is 9.97 Å². The van der Waals surface area contributed by atoms with Crippen LogP contribution in [0.15, 0.2) is 30.6 Å². The van der Waals surface area contributed by atoms with Gasteiger partial charge in [0.15, 0.2) is 11.5 Å². The minimum absolute atomic E-state index is 0.252. The number of aromatic nitrogens is 2. The Morgan fingerprint density at radius 1 is 1.08 bits per heavy atom. The Balaban J connectivity index is 1.91. The van der Waals surface area contributed by atoms with Crippen LogP contribution in [-0.4, -0.2) is 50.4 Å². The lowest BCUT2D eigenvalue weighted by Crippen LogP contribution is -2.23. The molecular formula is C17H22N4O4. The third-order valence-electron chi connectivity index (χ3n) is 3.40. The molecule has 0 atom stereocenters. The van der Waals surface area contributed by atoms with Gasteiger partial charge in [0.1, 0.15) is 0 Å². The summed E-state index contributed by atoms with van der Waals surface area (Å²) in [4.78, 5) is 20.4. The molecule has 0 spiro atoms. The summed E-state index contributed by atoms with van der Waals surface area (Å²) in [6, 6.07) is 5.48. The summed E-state index contributed by atoms with van der Waals surface area (Å²) in [5.74, 6) is 1.46. The van der Waals surface area contributed by atoms with Crippen LogP contribution in [0.25, 0.3) is 0 Å². The molecule has 8 nitrogen and oxygen atoms in total. The Bertz CT molecular complexity index is 692. The highest BCUT2D eigenvalue weighted by molar-refractivity contribution is 5.93. The van der Waals surface area contributed by atoms with E-state index in [0.717, 1.165) is 5.56 Å². The van der Waals surface area contributed by atoms with E-state index in [1.807, 2.05) is 12.1 Å². The van der Waals surface area contributed by atoms with E-state index in [4.69, 9.17) is 14.2 Å². The van der Waals surface area contributed by atoms with E-state index < -0.39 is 0 Å². The predicted molar refractivity (Wildman–Crippen MR) is 93.1 cm³/mol. The zero-order chi connectivity index (χ0) is 18.1. The summed E-state index contributed by atoms with van der Waals surface area (Å²) in [5.41, 5.74) is 1.28. The Morgan fingerprint density at radius 3 is 2.44 bits per heavy atom. The molecule has 0 bridgehead atoms. The predicted octanol–water partition coefficient (Wildman–Crippen LogP) is 1.48. The van der Waals surface area contributed by atoms with Crippen LogP contribution in [0.1, 0.15) is 15.9 Å². The van der Waals surface area contributed by atoms with Crippen molar-refractivity contribution in [2.75, 3.05) is 39.8 Å². The first-order valence-electron chi connectivity index (χ1n) is 7.72. The van der Waals surface area contributed by atoms with E-state index in [9.17, 15) is 4.79 Å². The van der Waals surface area contributed by atoms with E-state index in [0.29, 0.717) is 42.7 Å². The summed E-state index contributed by atoms with van der Waals surface area (Å²) in [7, 11) is 4.77. The molecule has 0 unspecified atom stereocenters. The van der Waals surface area contributed by atoms with Crippen molar-refractivity contribution >= 4 is 11.9 Å². The quantitative estimate of drug-likeness (QED) is 0.664. The lowest BCUT2D eigenvalue weighted by molar-refractivity contribution is 0.0950. The van der Waals surface area contributed by atoms with E-state index in [2.05, 4.69) is 20.6 Å². The van der Waals surface area contributed by atoms with Gasteiger partial charge >= 0.3 is 0 Å². The van der Waals surface area contributed by atoms with Gasteiger partial charge in [-0.3, -0.25) is 4.79 Å². The fraction of sp³-hybridized carbons (Fsp3) is 0.353. The maximum absolute atomic E-state index is 12.2. The lowest BCUT2D eigenvalue weighted by atomic mass is 10.2. The first kappa shape index (κ1) is 18.5. The number of nitrogens with zero attached hydrogens (tertiary/aromatic N) is 2. The molecule has 1 aromatic carbocycles. The molecule has 1 aromatic heterocycles. The highest BCUT2D eigenvalue weighted by atomic mass is 16.5. The van der Waals surface area contributed by atoms with Crippen molar-refractivity contribution in [3.63, 3.8) is 0 Å². The van der Waals surface area contributed by atoms with Gasteiger partial charge in [-0.15, -0.1) is 0 Å². The van der Waals surface area contributed by atoms with Crippen LogP contribution in [0.2, 0.25) is 0 Å². The first-order chi connectivity index (χ1) is 12.2. The molecule has 2 rings (SSSR count). The van der Waals surface area contributed by atoms with Gasteiger partial charge in [0.2, 0.25) is 5.95 Å². The number of methoxy groups -OCH3 is 3. The second kappa shape index (κ2) is 9.43. The summed E-state index contributed by atoms with van der Waals surface area (Å²) in [6.07, 6.45) is 2.96. The van der Waals surface area contributed by atoms with Crippen molar-refractivity contribution in [3.05, 3.63) is 41.7 Å². The van der Waals surface area contributed by atoms with Crippen LogP contribution in [-0.2, 0) is 11.3 Å². The van der Waals surface area contributed by atoms with Crippen LogP contribution in [0, 0.1) is 0 Å². The summed E-state index contributed by atoms with van der Waals surface area (Å²) < 4.78 is 15.4. The summed E-state index contributed by atoms with van der Waals surface area (Å²) in [5, 5.41) is 5.81. The molecule has 1 amide bonds. The molecule has 0 aliphatic heterocycles. The standard InChI is InChI=1S/C17H22N4O4/c1-23-7-6-18-17-20-10-13(11-21-17)16(22)19-9-12-4-5-14(24-2)15(8-12)25-3/h4-5,8,10-11H,6-7,9H2,1-3H3,(H,19,22)(H,18,20,21). The van der Waals surface area contributed by atoms with Gasteiger partial charge in [-0.1, -0.05) is 6.07 Å². The number of benzene rings is 1. The van der Waals surface area contributed by atoms with Gasteiger partial charge in [0.05, 0.1) is 26.4 Å². The van der Waals surface area contributed by atoms with E-state index in [1.165, 1.54) is 12.4 Å². The van der Waals surface area contributed by atoms with Crippen LogP contribution < -0.4 is 20.1 Å². The molecule has 134 valence electrons. The van der Waals surface area contributed by atoms with E-state index in [-0.39, 0.29) is 5.91 Å². The molecule has 2 N–H and O–H groups in total. The lowest BCUT2D eigenvalue weighted by Gasteiger charge is -2.10. The molecular weight excluding hydrogens is 324 g/mol. The van der Waals surface area contributed by atoms with Crippen molar-refractivity contribution in [2.24, 2.45) is 0 Å². The highest BCUT2D eigenvalue weighted by Gasteiger charge is 2.09. The van der Waals surface area contributed by atoms with Crippen molar-refractivity contribution < 1.29 is 19.0 Å². The van der Waals surface area contributed by atoms with Crippen molar-refractivity contribution in [1.29, 1.82) is 0 Å². The molecule has 0 radical (unpaired) electrons. The minimum atomic E-state index is -0.252. The molecule has 0 saturated heterocycles. The Kier molecular flexibility index (Phi) is 6.97. The molecule has 0 aliphatic rings. The van der Waals surface area contributed by atoms with Gasteiger partial charge in [0, 0.05) is 32.6 Å². The number of hydrogen-bond acceptors (Lipinski definition) is 7. The topological polar surface area (TPSA) is 94.6 Å². The van der Waals surface area contributed by atoms with Crippen molar-refractivity contribution in [3.8, 4) is 11.5 Å². The Morgan fingerprint density at radius 2 is 1.80 bits per heavy atom. The Hall–Kier alpha value is -2.87. The number of amides is 1. The number of hydrogen-bond donors (Lipinski definition) is 2. The maximum Gasteiger partial charge on any atom is 0.254 e. The molecule has 1 heterocycles. The summed E-state index contributed by atoms with van der Waals surface area (Å²) >= 11 is 0. The van der Waals surface area contributed by atoms with E-state index >= 15 is 0 Å². The van der Waals surface area contributed by atoms with Gasteiger partial charge in [-0.05, 0) is 17.7 Å². The second-order valence-electron chi connectivity index (χ2n) is 5.09. The summed E-state index contributed by atoms with van der Waals surface area (Å²) in [6.45, 7) is 1.51. The fourth-order valence-corrected chi connectivity index (χ4v) is 2.08. The van der Waals surface area contributed by atoms with E-state index in [1.54, 1.807) is 27.4 Å². The number of anilines is 1. The van der Waals surface area contributed by atoms with Gasteiger partial charge in [-0.2, -0.15) is 0 Å². The molecule has 8 heteroatoms. The highest BCUT2D eigenvalue weighted by Crippen LogP contribution is 2.27. The van der Waals surface area contributed by atoms with Crippen LogP contribution in [0.5, 0.6) is 11.5 Å². The van der Waals surface area contributed by atoms with Crippen molar-refractivity contribution in [2.45, 2.75) is 6.54 Å². The average molecular weight is 346 g/mol. The molecule has 0 saturated carbocycles. The second-order valence-corrected chi connectivity index (χ2v) is 5.09. The molecule has 0 fully saturated rings. The Labute approximate surface area is 146 Å². The van der Waals surface area contributed by atoms with Gasteiger partial charge in [0.25, 0.3) is 5.91 Å². The number of nitrogens with one attached hydrogen (secondary N) is 2. The smallest absolute Gasteiger partial charge is 0.254 e. The third kappa shape index (κ3) is 5.32. The SMILES string of the molecule is COCCNc1ncc(C(=O)NCc2ccc(OC)c(OC)c2)cn1. The number of carbonyl (C=O) groups excluding carboxylic acids is 1. The number of carbonyl (C=O) groups is 1. The van der Waals surface area contributed by atoms with Crippen LogP contribution >= 0.6 is 0 Å². The van der Waals surface area contributed by atoms with Crippen LogP contribution in [0.4, 0.5) is 5.95 Å². The van der Waals surface area contributed by atoms with Crippen LogP contribution in [0.3, 0.4) is 0 Å². The zero-order valence-corrected chi connectivity index (χ0v) is 14.5. The minimum Gasteiger partial charge on any atom is -0.493 e. The number of ether oxygens (including phenoxy) is 3. The van der Waals surface area contributed by atoms with Crippen molar-refractivity contribution in [1.82, 2.24) is 15.3 Å². The number of rotatable bonds is 9. The maximum atomic E-state index is 12.2. The molecule has 0 aliphatic carbocycles. The average Bonchev–Trinajstić information content (AvgIpc) is 2.66. The zero-order valence-electron chi connectivity index (χ0n) is 14.5. The molecule has 25 heavy (non-hydrogen) atoms.